The van der Waals surface area contributed by atoms with E-state index in [9.17, 15) is 14.9 Å². The van der Waals surface area contributed by atoms with E-state index in [4.69, 9.17) is 0 Å². The van der Waals surface area contributed by atoms with Crippen molar-refractivity contribution >= 4 is 27.8 Å². The van der Waals surface area contributed by atoms with E-state index in [0.29, 0.717) is 10.5 Å². The number of nitrogens with one attached hydrogen (secondary N) is 1. The molecule has 0 spiro atoms. The highest BCUT2D eigenvalue weighted by molar-refractivity contribution is 7.12. The van der Waals surface area contributed by atoms with Crippen LogP contribution in [0.3, 0.4) is 0 Å². The van der Waals surface area contributed by atoms with Gasteiger partial charge in [-0.1, -0.05) is 0 Å². The molecule has 0 unspecified atom stereocenters. The van der Waals surface area contributed by atoms with Crippen LogP contribution >= 0.6 is 11.3 Å². The smallest absolute Gasteiger partial charge is 0.330 e. The molecule has 0 aromatic carbocycles. The highest BCUT2D eigenvalue weighted by Crippen LogP contribution is 2.10. The van der Waals surface area contributed by atoms with Crippen LogP contribution in [0.25, 0.3) is 0 Å². The summed E-state index contributed by atoms with van der Waals surface area (Å²) in [6.45, 7) is 0. The third kappa shape index (κ3) is 2.82. The third-order valence-electron chi connectivity index (χ3n) is 1.79. The summed E-state index contributed by atoms with van der Waals surface area (Å²) in [6, 6.07) is 0. The molecule has 2 rings (SSSR count). The van der Waals surface area contributed by atoms with Crippen LogP contribution in [0.5, 0.6) is 0 Å². The van der Waals surface area contributed by atoms with Crippen LogP contribution in [-0.4, -0.2) is 21.4 Å². The van der Waals surface area contributed by atoms with Crippen molar-refractivity contribution in [1.29, 1.82) is 0 Å². The molecule has 0 amide bonds. The second-order valence-corrected chi connectivity index (χ2v) is 3.99. The van der Waals surface area contributed by atoms with Gasteiger partial charge >= 0.3 is 5.00 Å². The van der Waals surface area contributed by atoms with E-state index in [0.717, 1.165) is 11.3 Å². The number of aromatic amines is 1. The molecule has 0 aliphatic heterocycles. The molecule has 8 heteroatoms. The van der Waals surface area contributed by atoms with Gasteiger partial charge in [-0.3, -0.25) is 14.9 Å². The van der Waals surface area contributed by atoms with Crippen molar-refractivity contribution in [2.24, 2.45) is 10.2 Å². The molecule has 1 heterocycles. The van der Waals surface area contributed by atoms with Crippen molar-refractivity contribution in [2.45, 2.75) is 0 Å². The first-order chi connectivity index (χ1) is 8.15. The van der Waals surface area contributed by atoms with E-state index in [-0.39, 0.29) is 10.8 Å². The molecule has 1 aliphatic rings. The topological polar surface area (TPSA) is 101 Å². The predicted octanol–water partition coefficient (Wildman–Crippen LogP) is 0.936. The fourth-order valence-electron chi connectivity index (χ4n) is 1.04. The summed E-state index contributed by atoms with van der Waals surface area (Å²) in [5, 5.41) is 18.0. The van der Waals surface area contributed by atoms with Crippen LogP contribution in [-0.2, 0) is 4.79 Å². The SMILES string of the molecule is O=C1C=CC(=N/N=c2\[nH]cc([N+](=O)[O-])s2)C=C1. The van der Waals surface area contributed by atoms with Gasteiger partial charge in [-0.05, 0) is 35.6 Å². The molecule has 0 radical (unpaired) electrons. The van der Waals surface area contributed by atoms with Crippen LogP contribution < -0.4 is 4.80 Å². The molecule has 0 saturated heterocycles. The van der Waals surface area contributed by atoms with Crippen molar-refractivity contribution < 1.29 is 9.72 Å². The molecule has 86 valence electrons. The molecule has 0 bridgehead atoms. The van der Waals surface area contributed by atoms with Crippen molar-refractivity contribution in [3.05, 3.63) is 45.4 Å². The Morgan fingerprint density at radius 3 is 2.53 bits per heavy atom. The fraction of sp³-hybridized carbons (Fsp3) is 0. The number of rotatable bonds is 2. The quantitative estimate of drug-likeness (QED) is 0.480. The largest absolute Gasteiger partial charge is 0.343 e. The number of hydrogen-bond donors (Lipinski definition) is 1. The lowest BCUT2D eigenvalue weighted by atomic mass is 10.2. The average molecular weight is 250 g/mol. The van der Waals surface area contributed by atoms with Gasteiger partial charge in [-0.2, -0.15) is 0 Å². The lowest BCUT2D eigenvalue weighted by molar-refractivity contribution is -0.380. The van der Waals surface area contributed by atoms with E-state index in [1.165, 1.54) is 30.5 Å². The number of nitro groups is 1. The lowest BCUT2D eigenvalue weighted by Crippen LogP contribution is -2.00. The molecule has 1 N–H and O–H groups in total. The fourth-order valence-corrected chi connectivity index (χ4v) is 1.63. The lowest BCUT2D eigenvalue weighted by Gasteiger charge is -1.93. The van der Waals surface area contributed by atoms with Crippen LogP contribution in [0.2, 0.25) is 0 Å². The van der Waals surface area contributed by atoms with Crippen molar-refractivity contribution in [3.8, 4) is 0 Å². The first-order valence-electron chi connectivity index (χ1n) is 4.50. The summed E-state index contributed by atoms with van der Waals surface area (Å²) in [5.41, 5.74) is 0.508. The molecule has 7 nitrogen and oxygen atoms in total. The molecule has 1 aromatic heterocycles. The summed E-state index contributed by atoms with van der Waals surface area (Å²) in [5.74, 6) is -0.109. The summed E-state index contributed by atoms with van der Waals surface area (Å²) in [6.07, 6.45) is 7.03. The van der Waals surface area contributed by atoms with Gasteiger partial charge < -0.3 is 4.98 Å². The van der Waals surface area contributed by atoms with Crippen LogP contribution in [0.1, 0.15) is 0 Å². The van der Waals surface area contributed by atoms with Crippen LogP contribution in [0.4, 0.5) is 5.00 Å². The molecule has 17 heavy (non-hydrogen) atoms. The maximum absolute atomic E-state index is 10.8. The Labute approximate surface area is 98.7 Å². The predicted molar refractivity (Wildman–Crippen MR) is 61.6 cm³/mol. The minimum Gasteiger partial charge on any atom is -0.330 e. The van der Waals surface area contributed by atoms with Crippen molar-refractivity contribution in [2.75, 3.05) is 0 Å². The number of aromatic nitrogens is 1. The Morgan fingerprint density at radius 1 is 1.24 bits per heavy atom. The first-order valence-corrected chi connectivity index (χ1v) is 5.31. The highest BCUT2D eigenvalue weighted by atomic mass is 32.1. The van der Waals surface area contributed by atoms with Gasteiger partial charge in [0.2, 0.25) is 4.80 Å². The zero-order chi connectivity index (χ0) is 12.3. The Hall–Kier alpha value is -2.35. The summed E-state index contributed by atoms with van der Waals surface area (Å²) >= 11 is 0.887. The Kier molecular flexibility index (Phi) is 3.06. The number of H-pyrrole nitrogens is 1. The zero-order valence-electron chi connectivity index (χ0n) is 8.36. The number of hydrogen-bond acceptors (Lipinski definition) is 6. The summed E-state index contributed by atoms with van der Waals surface area (Å²) < 4.78 is 0. The number of carbonyl (C=O) groups excluding carboxylic acids is 1. The monoisotopic (exact) mass is 250 g/mol. The second kappa shape index (κ2) is 4.66. The molecule has 1 aromatic rings. The van der Waals surface area contributed by atoms with E-state index >= 15 is 0 Å². The number of allylic oxidation sites excluding steroid dienone is 4. The minimum atomic E-state index is -0.508. The van der Waals surface area contributed by atoms with Gasteiger partial charge in [0, 0.05) is 0 Å². The van der Waals surface area contributed by atoms with E-state index < -0.39 is 4.92 Å². The number of ketones is 1. The molecular formula is C9H6N4O3S. The Bertz CT molecular complexity index is 602. The number of nitrogens with zero attached hydrogens (tertiary/aromatic N) is 3. The first kappa shape index (κ1) is 11.1. The molecule has 0 fully saturated rings. The van der Waals surface area contributed by atoms with Gasteiger partial charge in [0.1, 0.15) is 0 Å². The van der Waals surface area contributed by atoms with E-state index in [2.05, 4.69) is 15.2 Å². The third-order valence-corrected chi connectivity index (χ3v) is 2.66. The maximum atomic E-state index is 10.8. The second-order valence-electron chi connectivity index (χ2n) is 2.99. The van der Waals surface area contributed by atoms with Crippen molar-refractivity contribution in [3.63, 3.8) is 0 Å². The van der Waals surface area contributed by atoms with Gasteiger partial charge in [0.15, 0.2) is 5.78 Å². The normalized spacial score (nSPS) is 15.4. The van der Waals surface area contributed by atoms with Gasteiger partial charge in [-0.25, -0.2) is 0 Å². The average Bonchev–Trinajstić information content (AvgIpc) is 2.77. The van der Waals surface area contributed by atoms with Gasteiger partial charge in [-0.15, -0.1) is 10.2 Å². The molecule has 0 atom stereocenters. The number of thiazole rings is 1. The highest BCUT2D eigenvalue weighted by Gasteiger charge is 2.06. The molecule has 0 saturated carbocycles. The van der Waals surface area contributed by atoms with Crippen LogP contribution in [0.15, 0.2) is 40.7 Å². The van der Waals surface area contributed by atoms with Crippen LogP contribution in [0, 0.1) is 10.1 Å². The minimum absolute atomic E-state index is 0.0335. The Morgan fingerprint density at radius 2 is 1.94 bits per heavy atom. The van der Waals surface area contributed by atoms with Crippen molar-refractivity contribution in [1.82, 2.24) is 4.98 Å². The number of carbonyl (C=O) groups is 1. The zero-order valence-corrected chi connectivity index (χ0v) is 9.18. The molecular weight excluding hydrogens is 244 g/mol. The molecule has 1 aliphatic carbocycles. The summed E-state index contributed by atoms with van der Waals surface area (Å²) in [7, 11) is 0. The van der Waals surface area contributed by atoms with E-state index in [1.54, 1.807) is 0 Å². The Balaban J connectivity index is 2.23. The summed E-state index contributed by atoms with van der Waals surface area (Å²) in [4.78, 5) is 23.7. The maximum Gasteiger partial charge on any atom is 0.343 e. The van der Waals surface area contributed by atoms with E-state index in [1.807, 2.05) is 0 Å². The van der Waals surface area contributed by atoms with Gasteiger partial charge in [0.25, 0.3) is 0 Å². The van der Waals surface area contributed by atoms with Gasteiger partial charge in [0.05, 0.1) is 16.8 Å². The standard InChI is InChI=1S/C9H6N4O3S/c14-7-3-1-6(2-4-7)11-12-9-10-5-8(17-9)13(15)16/h1-5H,(H,10,12).